The molecule has 0 amide bonds. The molecule has 0 saturated heterocycles. The largest absolute Gasteiger partial charge is 0.357 e. The highest BCUT2D eigenvalue weighted by atomic mass is 15.5. The summed E-state index contributed by atoms with van der Waals surface area (Å²) in [6.45, 7) is 1.96. The van der Waals surface area contributed by atoms with Crippen molar-refractivity contribution in [1.29, 1.82) is 0 Å². The van der Waals surface area contributed by atoms with E-state index in [0.29, 0.717) is 5.95 Å². The van der Waals surface area contributed by atoms with Gasteiger partial charge in [-0.3, -0.25) is 0 Å². The highest BCUT2D eigenvalue weighted by molar-refractivity contribution is 5.45. The molecular formula is C8H15N5. The van der Waals surface area contributed by atoms with Crippen LogP contribution in [0.2, 0.25) is 0 Å². The molecule has 1 heterocycles. The Morgan fingerprint density at radius 2 is 2.08 bits per heavy atom. The molecule has 0 saturated carbocycles. The van der Waals surface area contributed by atoms with Crippen LogP contribution in [0.3, 0.4) is 0 Å². The summed E-state index contributed by atoms with van der Waals surface area (Å²) in [7, 11) is 5.63. The zero-order valence-corrected chi connectivity index (χ0v) is 8.42. The highest BCUT2D eigenvalue weighted by Gasteiger charge is 2.02. The molecule has 0 aromatic carbocycles. The number of rotatable bonds is 3. The SMILES string of the molecule is CNc1ncc(C)c(NN(C)C)n1. The lowest BCUT2D eigenvalue weighted by molar-refractivity contribution is 0.491. The van der Waals surface area contributed by atoms with Gasteiger partial charge >= 0.3 is 0 Å². The Balaban J connectivity index is 2.90. The molecule has 1 aromatic heterocycles. The molecule has 5 nitrogen and oxygen atoms in total. The van der Waals surface area contributed by atoms with Gasteiger partial charge in [-0.25, -0.2) is 9.99 Å². The van der Waals surface area contributed by atoms with Crippen molar-refractivity contribution >= 4 is 11.8 Å². The fraction of sp³-hybridized carbons (Fsp3) is 0.500. The Kier molecular flexibility index (Phi) is 3.02. The lowest BCUT2D eigenvalue weighted by atomic mass is 10.3. The van der Waals surface area contributed by atoms with Gasteiger partial charge in [-0.1, -0.05) is 0 Å². The topological polar surface area (TPSA) is 53.1 Å². The first-order chi connectivity index (χ1) is 6.13. The van der Waals surface area contributed by atoms with Gasteiger partial charge in [0, 0.05) is 32.9 Å². The van der Waals surface area contributed by atoms with Gasteiger partial charge in [0.25, 0.3) is 0 Å². The minimum Gasteiger partial charge on any atom is -0.357 e. The first-order valence-corrected chi connectivity index (χ1v) is 4.09. The molecular weight excluding hydrogens is 166 g/mol. The van der Waals surface area contributed by atoms with Crippen molar-refractivity contribution in [3.63, 3.8) is 0 Å². The molecule has 13 heavy (non-hydrogen) atoms. The van der Waals surface area contributed by atoms with Crippen LogP contribution in [0.1, 0.15) is 5.56 Å². The lowest BCUT2D eigenvalue weighted by Gasteiger charge is -2.14. The van der Waals surface area contributed by atoms with Crippen LogP contribution in [0.5, 0.6) is 0 Å². The van der Waals surface area contributed by atoms with Crippen LogP contribution in [-0.2, 0) is 0 Å². The quantitative estimate of drug-likeness (QED) is 0.673. The van der Waals surface area contributed by atoms with Gasteiger partial charge in [-0.2, -0.15) is 4.98 Å². The monoisotopic (exact) mass is 181 g/mol. The second-order valence-electron chi connectivity index (χ2n) is 2.98. The molecule has 0 fully saturated rings. The Labute approximate surface area is 78.2 Å². The molecule has 0 bridgehead atoms. The lowest BCUT2D eigenvalue weighted by Crippen LogP contribution is -2.21. The summed E-state index contributed by atoms with van der Waals surface area (Å²) in [4.78, 5) is 8.34. The molecule has 72 valence electrons. The summed E-state index contributed by atoms with van der Waals surface area (Å²) in [5, 5.41) is 4.73. The van der Waals surface area contributed by atoms with Crippen molar-refractivity contribution in [3.8, 4) is 0 Å². The van der Waals surface area contributed by atoms with Gasteiger partial charge < -0.3 is 10.7 Å². The van der Waals surface area contributed by atoms with Crippen molar-refractivity contribution in [2.45, 2.75) is 6.92 Å². The third-order valence-corrected chi connectivity index (χ3v) is 1.52. The maximum absolute atomic E-state index is 4.26. The highest BCUT2D eigenvalue weighted by Crippen LogP contribution is 2.11. The standard InChI is InChI=1S/C8H15N5/c1-6-5-10-8(9-2)11-7(6)12-13(3)4/h5H,1-4H3,(H2,9,10,11,12). The van der Waals surface area contributed by atoms with Crippen LogP contribution in [0.25, 0.3) is 0 Å². The number of hydrazine groups is 1. The molecule has 0 radical (unpaired) electrons. The zero-order valence-electron chi connectivity index (χ0n) is 8.42. The molecule has 0 aliphatic heterocycles. The Morgan fingerprint density at radius 1 is 1.38 bits per heavy atom. The van der Waals surface area contributed by atoms with E-state index in [-0.39, 0.29) is 0 Å². The molecule has 0 spiro atoms. The smallest absolute Gasteiger partial charge is 0.224 e. The van der Waals surface area contributed by atoms with Gasteiger partial charge in [0.15, 0.2) is 0 Å². The number of aryl methyl sites for hydroxylation is 1. The van der Waals surface area contributed by atoms with Gasteiger partial charge in [-0.15, -0.1) is 0 Å². The van der Waals surface area contributed by atoms with Crippen molar-refractivity contribution in [1.82, 2.24) is 15.0 Å². The predicted octanol–water partition coefficient (Wildman–Crippen LogP) is 0.715. The number of nitrogens with one attached hydrogen (secondary N) is 2. The molecule has 0 atom stereocenters. The van der Waals surface area contributed by atoms with E-state index in [9.17, 15) is 0 Å². The van der Waals surface area contributed by atoms with E-state index < -0.39 is 0 Å². The predicted molar refractivity (Wildman–Crippen MR) is 53.6 cm³/mol. The van der Waals surface area contributed by atoms with Crippen LogP contribution in [0, 0.1) is 6.92 Å². The summed E-state index contributed by atoms with van der Waals surface area (Å²) in [5.41, 5.74) is 4.11. The number of nitrogens with zero attached hydrogens (tertiary/aromatic N) is 3. The van der Waals surface area contributed by atoms with E-state index in [1.54, 1.807) is 13.2 Å². The molecule has 2 N–H and O–H groups in total. The second-order valence-corrected chi connectivity index (χ2v) is 2.98. The second kappa shape index (κ2) is 4.04. The minimum absolute atomic E-state index is 0.620. The van der Waals surface area contributed by atoms with E-state index in [0.717, 1.165) is 11.4 Å². The van der Waals surface area contributed by atoms with E-state index >= 15 is 0 Å². The minimum atomic E-state index is 0.620. The zero-order chi connectivity index (χ0) is 9.84. The first-order valence-electron chi connectivity index (χ1n) is 4.09. The molecule has 1 aromatic rings. The third kappa shape index (κ3) is 2.55. The van der Waals surface area contributed by atoms with Crippen molar-refractivity contribution < 1.29 is 0 Å². The number of aromatic nitrogens is 2. The Morgan fingerprint density at radius 3 is 2.62 bits per heavy atom. The summed E-state index contributed by atoms with van der Waals surface area (Å²) >= 11 is 0. The summed E-state index contributed by atoms with van der Waals surface area (Å²) in [6.07, 6.45) is 1.78. The maximum Gasteiger partial charge on any atom is 0.224 e. The number of hydrogen-bond acceptors (Lipinski definition) is 5. The summed E-state index contributed by atoms with van der Waals surface area (Å²) in [5.74, 6) is 1.44. The average molecular weight is 181 g/mol. The van der Waals surface area contributed by atoms with Gasteiger partial charge in [0.1, 0.15) is 5.82 Å². The fourth-order valence-corrected chi connectivity index (χ4v) is 0.887. The van der Waals surface area contributed by atoms with Gasteiger partial charge in [-0.05, 0) is 6.92 Å². The maximum atomic E-state index is 4.26. The molecule has 5 heteroatoms. The van der Waals surface area contributed by atoms with Crippen LogP contribution in [0.15, 0.2) is 6.20 Å². The van der Waals surface area contributed by atoms with E-state index in [1.807, 2.05) is 26.0 Å². The van der Waals surface area contributed by atoms with Gasteiger partial charge in [0.2, 0.25) is 5.95 Å². The van der Waals surface area contributed by atoms with Gasteiger partial charge in [0.05, 0.1) is 0 Å². The van der Waals surface area contributed by atoms with Crippen LogP contribution >= 0.6 is 0 Å². The Hall–Kier alpha value is -1.36. The van der Waals surface area contributed by atoms with Crippen molar-refractivity contribution in [2.75, 3.05) is 31.9 Å². The van der Waals surface area contributed by atoms with Crippen LogP contribution in [0.4, 0.5) is 11.8 Å². The molecule has 0 aliphatic rings. The van der Waals surface area contributed by atoms with Crippen molar-refractivity contribution in [3.05, 3.63) is 11.8 Å². The summed E-state index contributed by atoms with van der Waals surface area (Å²) < 4.78 is 0. The summed E-state index contributed by atoms with van der Waals surface area (Å²) in [6, 6.07) is 0. The average Bonchev–Trinajstić information content (AvgIpc) is 2.08. The van der Waals surface area contributed by atoms with Crippen LogP contribution in [-0.4, -0.2) is 36.1 Å². The van der Waals surface area contributed by atoms with E-state index in [4.69, 9.17) is 0 Å². The van der Waals surface area contributed by atoms with Crippen LogP contribution < -0.4 is 10.7 Å². The molecule has 0 unspecified atom stereocenters. The van der Waals surface area contributed by atoms with Crippen molar-refractivity contribution in [2.24, 2.45) is 0 Å². The first kappa shape index (κ1) is 9.73. The normalized spacial score (nSPS) is 10.2. The number of anilines is 2. The Bertz CT molecular complexity index is 284. The third-order valence-electron chi connectivity index (χ3n) is 1.52. The van der Waals surface area contributed by atoms with E-state index in [1.165, 1.54) is 0 Å². The molecule has 0 aliphatic carbocycles. The fourth-order valence-electron chi connectivity index (χ4n) is 0.887. The molecule has 1 rings (SSSR count). The van der Waals surface area contributed by atoms with E-state index in [2.05, 4.69) is 20.7 Å². The number of hydrogen-bond donors (Lipinski definition) is 2.